The molecular weight excluding hydrogens is 482 g/mol. The van der Waals surface area contributed by atoms with Gasteiger partial charge in [-0.15, -0.1) is 10.2 Å². The first-order chi connectivity index (χ1) is 15.2. The molecule has 1 amide bonds. The van der Waals surface area contributed by atoms with E-state index in [2.05, 4.69) is 15.5 Å². The highest BCUT2D eigenvalue weighted by Gasteiger charge is 2.34. The van der Waals surface area contributed by atoms with Crippen LogP contribution in [0.4, 0.5) is 14.5 Å². The summed E-state index contributed by atoms with van der Waals surface area (Å²) in [5.74, 6) is -2.74. The average Bonchev–Trinajstić information content (AvgIpc) is 3.24. The minimum Gasteiger partial charge on any atom is -0.320 e. The summed E-state index contributed by atoms with van der Waals surface area (Å²) in [6, 6.07) is 9.04. The van der Waals surface area contributed by atoms with Crippen molar-refractivity contribution in [2.24, 2.45) is 0 Å². The van der Waals surface area contributed by atoms with Crippen molar-refractivity contribution in [1.29, 1.82) is 0 Å². The van der Waals surface area contributed by atoms with Crippen LogP contribution in [0.5, 0.6) is 0 Å². The van der Waals surface area contributed by atoms with Gasteiger partial charge in [-0.2, -0.15) is 4.31 Å². The summed E-state index contributed by atoms with van der Waals surface area (Å²) < 4.78 is 54.2. The SMILES string of the molecule is O=C(Nc1cccc(Cl)c1)c1nnc([C@H]2CCCN(S(=O)(=O)c3ccc(F)cc3F)C2)s1. The third-order valence-corrected chi connectivity index (χ3v) is 8.18. The molecule has 1 atom stereocenters. The van der Waals surface area contributed by atoms with Crippen molar-refractivity contribution >= 4 is 44.6 Å². The maximum Gasteiger partial charge on any atom is 0.286 e. The lowest BCUT2D eigenvalue weighted by molar-refractivity contribution is 0.102. The lowest BCUT2D eigenvalue weighted by Gasteiger charge is -2.30. The number of hydrogen-bond acceptors (Lipinski definition) is 6. The van der Waals surface area contributed by atoms with Gasteiger partial charge in [0.2, 0.25) is 15.0 Å². The van der Waals surface area contributed by atoms with Gasteiger partial charge in [-0.3, -0.25) is 4.79 Å². The Morgan fingerprint density at radius 3 is 2.75 bits per heavy atom. The molecule has 0 radical (unpaired) electrons. The molecule has 2 heterocycles. The van der Waals surface area contributed by atoms with E-state index in [-0.39, 0.29) is 24.0 Å². The zero-order chi connectivity index (χ0) is 22.9. The fraction of sp³-hybridized carbons (Fsp3) is 0.250. The van der Waals surface area contributed by atoms with E-state index in [9.17, 15) is 22.0 Å². The van der Waals surface area contributed by atoms with Crippen LogP contribution >= 0.6 is 22.9 Å². The number of rotatable bonds is 5. The van der Waals surface area contributed by atoms with Crippen LogP contribution in [0.1, 0.15) is 33.6 Å². The maximum absolute atomic E-state index is 14.1. The van der Waals surface area contributed by atoms with Crippen molar-refractivity contribution in [3.63, 3.8) is 0 Å². The van der Waals surface area contributed by atoms with Gasteiger partial charge in [0.15, 0.2) is 0 Å². The lowest BCUT2D eigenvalue weighted by atomic mass is 10.0. The van der Waals surface area contributed by atoms with E-state index in [1.54, 1.807) is 24.3 Å². The van der Waals surface area contributed by atoms with Crippen molar-refractivity contribution in [2.45, 2.75) is 23.7 Å². The summed E-state index contributed by atoms with van der Waals surface area (Å²) in [6.07, 6.45) is 1.17. The number of sulfonamides is 1. The zero-order valence-electron chi connectivity index (χ0n) is 16.5. The molecule has 32 heavy (non-hydrogen) atoms. The lowest BCUT2D eigenvalue weighted by Crippen LogP contribution is -2.39. The number of aromatic nitrogens is 2. The molecule has 1 fully saturated rings. The van der Waals surface area contributed by atoms with Crippen molar-refractivity contribution < 1.29 is 22.0 Å². The standard InChI is InChI=1S/C20H17ClF2N4O3S2/c21-13-4-1-5-15(9-13)24-18(28)20-26-25-19(31-20)12-3-2-8-27(11-12)32(29,30)17-7-6-14(22)10-16(17)23/h1,4-7,9-10,12H,2-3,8,11H2,(H,24,28)/t12-/m0/s1. The third-order valence-electron chi connectivity index (χ3n) is 4.96. The summed E-state index contributed by atoms with van der Waals surface area (Å²) in [5, 5.41) is 11.8. The van der Waals surface area contributed by atoms with Gasteiger partial charge >= 0.3 is 0 Å². The molecule has 4 rings (SSSR count). The second-order valence-corrected chi connectivity index (χ2v) is 10.5. The van der Waals surface area contributed by atoms with Gasteiger partial charge in [-0.1, -0.05) is 29.0 Å². The van der Waals surface area contributed by atoms with E-state index in [4.69, 9.17) is 11.6 Å². The number of piperidine rings is 1. The number of nitrogens with one attached hydrogen (secondary N) is 1. The van der Waals surface area contributed by atoms with Crippen LogP contribution < -0.4 is 5.32 Å². The number of carbonyl (C=O) groups excluding carboxylic acids is 1. The molecule has 1 aliphatic heterocycles. The fourth-order valence-corrected chi connectivity index (χ4v) is 6.05. The highest BCUT2D eigenvalue weighted by atomic mass is 35.5. The predicted octanol–water partition coefficient (Wildman–Crippen LogP) is 4.29. The number of benzene rings is 2. The predicted molar refractivity (Wildman–Crippen MR) is 116 cm³/mol. The number of hydrogen-bond donors (Lipinski definition) is 1. The summed E-state index contributed by atoms with van der Waals surface area (Å²) in [7, 11) is -4.15. The molecule has 1 saturated heterocycles. The molecule has 0 saturated carbocycles. The second kappa shape index (κ2) is 9.18. The number of halogens is 3. The second-order valence-electron chi connectivity index (χ2n) is 7.19. The zero-order valence-corrected chi connectivity index (χ0v) is 18.9. The number of carbonyl (C=O) groups is 1. The molecule has 7 nitrogen and oxygen atoms in total. The molecule has 2 aromatic carbocycles. The Balaban J connectivity index is 1.49. The Kier molecular flexibility index (Phi) is 6.52. The minimum absolute atomic E-state index is 0.0592. The van der Waals surface area contributed by atoms with Gasteiger partial charge in [0.25, 0.3) is 5.91 Å². The first kappa shape index (κ1) is 22.7. The average molecular weight is 499 g/mol. The van der Waals surface area contributed by atoms with Gasteiger partial charge in [0.1, 0.15) is 21.5 Å². The van der Waals surface area contributed by atoms with Gasteiger partial charge in [0.05, 0.1) is 0 Å². The number of nitrogens with zero attached hydrogens (tertiary/aromatic N) is 3. The molecule has 1 aliphatic rings. The molecule has 168 valence electrons. The molecule has 0 spiro atoms. The van der Waals surface area contributed by atoms with E-state index >= 15 is 0 Å². The fourth-order valence-electron chi connectivity index (χ4n) is 3.43. The van der Waals surface area contributed by atoms with Crippen LogP contribution in [0.25, 0.3) is 0 Å². The monoisotopic (exact) mass is 498 g/mol. The summed E-state index contributed by atoms with van der Waals surface area (Å²) >= 11 is 6.99. The van der Waals surface area contributed by atoms with E-state index in [1.807, 2.05) is 0 Å². The molecule has 3 aromatic rings. The van der Waals surface area contributed by atoms with Crippen molar-refractivity contribution in [3.8, 4) is 0 Å². The Hall–Kier alpha value is -2.47. The van der Waals surface area contributed by atoms with Crippen LogP contribution in [-0.2, 0) is 10.0 Å². The largest absolute Gasteiger partial charge is 0.320 e. The van der Waals surface area contributed by atoms with Gasteiger partial charge < -0.3 is 5.32 Å². The first-order valence-electron chi connectivity index (χ1n) is 9.59. The van der Waals surface area contributed by atoms with Crippen LogP contribution in [0, 0.1) is 11.6 Å². The molecular formula is C20H17ClF2N4O3S2. The van der Waals surface area contributed by atoms with Crippen LogP contribution in [0.15, 0.2) is 47.4 Å². The Morgan fingerprint density at radius 1 is 1.19 bits per heavy atom. The van der Waals surface area contributed by atoms with Crippen LogP contribution in [0.3, 0.4) is 0 Å². The third kappa shape index (κ3) is 4.80. The molecule has 0 aliphatic carbocycles. The van der Waals surface area contributed by atoms with E-state index in [1.165, 1.54) is 0 Å². The molecule has 1 N–H and O–H groups in total. The summed E-state index contributed by atoms with van der Waals surface area (Å²) in [5.41, 5.74) is 0.510. The van der Waals surface area contributed by atoms with E-state index in [0.29, 0.717) is 34.6 Å². The Labute approximate surface area is 192 Å². The highest BCUT2D eigenvalue weighted by Crippen LogP contribution is 2.32. The molecule has 1 aromatic heterocycles. The molecule has 12 heteroatoms. The minimum atomic E-state index is -4.15. The van der Waals surface area contributed by atoms with Gasteiger partial charge in [-0.25, -0.2) is 17.2 Å². The van der Waals surface area contributed by atoms with Crippen molar-refractivity contribution in [3.05, 3.63) is 69.1 Å². The highest BCUT2D eigenvalue weighted by molar-refractivity contribution is 7.89. The smallest absolute Gasteiger partial charge is 0.286 e. The Morgan fingerprint density at radius 2 is 2.00 bits per heavy atom. The summed E-state index contributed by atoms with van der Waals surface area (Å²) in [4.78, 5) is 11.9. The van der Waals surface area contributed by atoms with Gasteiger partial charge in [0, 0.05) is 35.8 Å². The summed E-state index contributed by atoms with van der Waals surface area (Å²) in [6.45, 7) is 0.264. The quantitative estimate of drug-likeness (QED) is 0.566. The number of amides is 1. The topological polar surface area (TPSA) is 92.3 Å². The van der Waals surface area contributed by atoms with Crippen molar-refractivity contribution in [1.82, 2.24) is 14.5 Å². The maximum atomic E-state index is 14.1. The molecule has 0 bridgehead atoms. The van der Waals surface area contributed by atoms with Crippen LogP contribution in [-0.4, -0.2) is 41.9 Å². The van der Waals surface area contributed by atoms with E-state index < -0.39 is 32.5 Å². The first-order valence-corrected chi connectivity index (χ1v) is 12.2. The van der Waals surface area contributed by atoms with Crippen LogP contribution in [0.2, 0.25) is 5.02 Å². The normalized spacial score (nSPS) is 17.3. The Bertz CT molecular complexity index is 1270. The van der Waals surface area contributed by atoms with Crippen molar-refractivity contribution in [2.75, 3.05) is 18.4 Å². The number of anilines is 1. The van der Waals surface area contributed by atoms with Gasteiger partial charge in [-0.05, 0) is 43.2 Å². The molecule has 0 unspecified atom stereocenters. The van der Waals surface area contributed by atoms with E-state index in [0.717, 1.165) is 27.8 Å².